The van der Waals surface area contributed by atoms with E-state index in [1.165, 1.54) is 16.4 Å². The van der Waals surface area contributed by atoms with Crippen LogP contribution in [0.15, 0.2) is 0 Å². The van der Waals surface area contributed by atoms with Crippen LogP contribution in [0.2, 0.25) is 5.02 Å². The lowest BCUT2D eigenvalue weighted by atomic mass is 10.1. The lowest BCUT2D eigenvalue weighted by Crippen LogP contribution is -2.24. The molecule has 0 aromatic carbocycles. The van der Waals surface area contributed by atoms with Gasteiger partial charge in [-0.15, -0.1) is 5.10 Å². The topological polar surface area (TPSA) is 55.6 Å². The third-order valence-electron chi connectivity index (χ3n) is 3.30. The van der Waals surface area contributed by atoms with Gasteiger partial charge < -0.3 is 5.32 Å². The van der Waals surface area contributed by atoms with E-state index in [1.54, 1.807) is 0 Å². The van der Waals surface area contributed by atoms with Gasteiger partial charge in [0.25, 0.3) is 0 Å². The molecular formula is C13H20ClN5S. The summed E-state index contributed by atoms with van der Waals surface area (Å²) in [6, 6.07) is 0.180. The summed E-state index contributed by atoms with van der Waals surface area (Å²) in [6.45, 7) is 9.82. The fourth-order valence-electron chi connectivity index (χ4n) is 2.32. The Morgan fingerprint density at radius 3 is 2.60 bits per heavy atom. The Labute approximate surface area is 128 Å². The van der Waals surface area contributed by atoms with Gasteiger partial charge in [0.1, 0.15) is 0 Å². The van der Waals surface area contributed by atoms with E-state index >= 15 is 0 Å². The van der Waals surface area contributed by atoms with Crippen molar-refractivity contribution in [1.29, 1.82) is 0 Å². The van der Waals surface area contributed by atoms with Crippen LogP contribution >= 0.6 is 23.1 Å². The molecule has 2 rings (SSSR count). The minimum Gasteiger partial charge on any atom is -0.309 e. The molecule has 0 spiro atoms. The zero-order valence-corrected chi connectivity index (χ0v) is 13.8. The molecule has 20 heavy (non-hydrogen) atoms. The van der Waals surface area contributed by atoms with Crippen LogP contribution in [-0.2, 0) is 13.0 Å². The molecule has 0 saturated heterocycles. The predicted molar refractivity (Wildman–Crippen MR) is 82.4 cm³/mol. The number of hydrogen-bond acceptors (Lipinski definition) is 5. The molecule has 0 aliphatic rings. The number of rotatable bonds is 6. The Bertz CT molecular complexity index is 577. The fourth-order valence-corrected chi connectivity index (χ4v) is 3.25. The summed E-state index contributed by atoms with van der Waals surface area (Å²) in [6.07, 6.45) is 0.798. The third-order valence-corrected chi connectivity index (χ3v) is 4.74. The van der Waals surface area contributed by atoms with Gasteiger partial charge >= 0.3 is 0 Å². The molecule has 7 heteroatoms. The Balaban J connectivity index is 2.31. The van der Waals surface area contributed by atoms with Crippen LogP contribution in [0, 0.1) is 13.8 Å². The number of likely N-dealkylation sites (N-methyl/N-ethyl adjacent to an activating group) is 1. The van der Waals surface area contributed by atoms with E-state index in [-0.39, 0.29) is 6.04 Å². The maximum Gasteiger partial charge on any atom is 0.0847 e. The normalized spacial score (nSPS) is 12.8. The van der Waals surface area contributed by atoms with E-state index < -0.39 is 0 Å². The van der Waals surface area contributed by atoms with Crippen molar-refractivity contribution >= 4 is 23.1 Å². The number of nitrogens with zero attached hydrogens (tertiary/aromatic N) is 4. The molecular weight excluding hydrogens is 294 g/mol. The van der Waals surface area contributed by atoms with Crippen LogP contribution in [-0.4, -0.2) is 25.9 Å². The van der Waals surface area contributed by atoms with Gasteiger partial charge in [0.15, 0.2) is 0 Å². The molecule has 0 aliphatic heterocycles. The lowest BCUT2D eigenvalue weighted by molar-refractivity contribution is 0.520. The van der Waals surface area contributed by atoms with E-state index in [0.29, 0.717) is 0 Å². The zero-order valence-electron chi connectivity index (χ0n) is 12.3. The summed E-state index contributed by atoms with van der Waals surface area (Å²) in [5.74, 6) is 0. The second-order valence-corrected chi connectivity index (χ2v) is 5.86. The van der Waals surface area contributed by atoms with Crippen LogP contribution in [0.1, 0.15) is 41.8 Å². The van der Waals surface area contributed by atoms with Gasteiger partial charge in [0.2, 0.25) is 0 Å². The smallest absolute Gasteiger partial charge is 0.0847 e. The highest BCUT2D eigenvalue weighted by atomic mass is 35.5. The van der Waals surface area contributed by atoms with E-state index in [2.05, 4.69) is 33.8 Å². The molecule has 0 saturated carbocycles. The molecule has 2 heterocycles. The van der Waals surface area contributed by atoms with Gasteiger partial charge in [-0.1, -0.05) is 23.0 Å². The van der Waals surface area contributed by atoms with Gasteiger partial charge in [0, 0.05) is 13.0 Å². The molecule has 5 nitrogen and oxygen atoms in total. The van der Waals surface area contributed by atoms with E-state index in [0.717, 1.165) is 41.6 Å². The number of aromatic nitrogens is 4. The average molecular weight is 314 g/mol. The minimum atomic E-state index is 0.180. The largest absolute Gasteiger partial charge is 0.309 e. The molecule has 1 unspecified atom stereocenters. The van der Waals surface area contributed by atoms with Crippen LogP contribution in [0.25, 0.3) is 0 Å². The van der Waals surface area contributed by atoms with E-state index in [4.69, 9.17) is 11.6 Å². The van der Waals surface area contributed by atoms with Crippen molar-refractivity contribution in [2.75, 3.05) is 6.54 Å². The Kier molecular flexibility index (Phi) is 5.12. The summed E-state index contributed by atoms with van der Waals surface area (Å²) in [7, 11) is 0. The van der Waals surface area contributed by atoms with Gasteiger partial charge in [-0.2, -0.15) is 5.10 Å². The van der Waals surface area contributed by atoms with Crippen molar-refractivity contribution in [2.45, 2.75) is 46.7 Å². The molecule has 1 N–H and O–H groups in total. The minimum absolute atomic E-state index is 0.180. The Morgan fingerprint density at radius 1 is 1.30 bits per heavy atom. The highest BCUT2D eigenvalue weighted by Crippen LogP contribution is 2.28. The van der Waals surface area contributed by atoms with Crippen molar-refractivity contribution in [2.24, 2.45) is 0 Å². The Morgan fingerprint density at radius 2 is 2.05 bits per heavy atom. The summed E-state index contributed by atoms with van der Waals surface area (Å²) in [5, 5.41) is 12.8. The summed E-state index contributed by atoms with van der Waals surface area (Å²) < 4.78 is 6.01. The number of halogens is 1. The predicted octanol–water partition coefficient (Wildman–Crippen LogP) is 2.92. The SMILES string of the molecule is CCNC(Cc1c(Cl)c(C)nn1CC)c1snnc1C. The van der Waals surface area contributed by atoms with Crippen LogP contribution in [0.5, 0.6) is 0 Å². The van der Waals surface area contributed by atoms with Gasteiger partial charge in [-0.05, 0) is 38.8 Å². The molecule has 110 valence electrons. The van der Waals surface area contributed by atoms with Gasteiger partial charge in [-0.25, -0.2) is 0 Å². The van der Waals surface area contributed by atoms with Crippen molar-refractivity contribution in [1.82, 2.24) is 24.7 Å². The molecule has 2 aromatic rings. The molecule has 0 fully saturated rings. The van der Waals surface area contributed by atoms with Crippen molar-refractivity contribution in [3.05, 3.63) is 27.0 Å². The number of nitrogens with one attached hydrogen (secondary N) is 1. The highest BCUT2D eigenvalue weighted by Gasteiger charge is 2.21. The second-order valence-electron chi connectivity index (χ2n) is 4.70. The fraction of sp³-hybridized carbons (Fsp3) is 0.615. The monoisotopic (exact) mass is 313 g/mol. The van der Waals surface area contributed by atoms with Crippen LogP contribution in [0.3, 0.4) is 0 Å². The molecule has 2 aromatic heterocycles. The Hall–Kier alpha value is -0.980. The first kappa shape index (κ1) is 15.4. The quantitative estimate of drug-likeness (QED) is 0.891. The molecule has 0 radical (unpaired) electrons. The number of hydrogen-bond donors (Lipinski definition) is 1. The first-order valence-corrected chi connectivity index (χ1v) is 7.97. The summed E-state index contributed by atoms with van der Waals surface area (Å²) in [5.41, 5.74) is 2.94. The van der Waals surface area contributed by atoms with E-state index in [1.807, 2.05) is 18.5 Å². The molecule has 0 aliphatic carbocycles. The highest BCUT2D eigenvalue weighted by molar-refractivity contribution is 7.05. The van der Waals surface area contributed by atoms with Crippen molar-refractivity contribution in [3.8, 4) is 0 Å². The maximum atomic E-state index is 6.40. The van der Waals surface area contributed by atoms with Crippen LogP contribution in [0.4, 0.5) is 0 Å². The maximum absolute atomic E-state index is 6.40. The van der Waals surface area contributed by atoms with Crippen molar-refractivity contribution < 1.29 is 0 Å². The standard InChI is InChI=1S/C13H20ClN5S/c1-5-15-10(13-9(4)16-18-20-13)7-11-12(14)8(3)17-19(11)6-2/h10,15H,5-7H2,1-4H3. The second kappa shape index (κ2) is 6.65. The molecule has 1 atom stereocenters. The van der Waals surface area contributed by atoms with Gasteiger partial charge in [-0.3, -0.25) is 4.68 Å². The number of aryl methyl sites for hydroxylation is 3. The zero-order chi connectivity index (χ0) is 14.7. The summed E-state index contributed by atoms with van der Waals surface area (Å²) in [4.78, 5) is 1.17. The average Bonchev–Trinajstić information content (AvgIpc) is 2.96. The van der Waals surface area contributed by atoms with Crippen molar-refractivity contribution in [3.63, 3.8) is 0 Å². The first-order chi connectivity index (χ1) is 9.58. The van der Waals surface area contributed by atoms with Gasteiger partial charge in [0.05, 0.1) is 33.0 Å². The summed E-state index contributed by atoms with van der Waals surface area (Å²) >= 11 is 7.85. The lowest BCUT2D eigenvalue weighted by Gasteiger charge is -2.17. The first-order valence-electron chi connectivity index (χ1n) is 6.82. The van der Waals surface area contributed by atoms with Crippen LogP contribution < -0.4 is 5.32 Å². The molecule has 0 bridgehead atoms. The third kappa shape index (κ3) is 3.02. The van der Waals surface area contributed by atoms with E-state index in [9.17, 15) is 0 Å². The molecule has 0 amide bonds.